The molecule has 1 aromatic carbocycles. The van der Waals surface area contributed by atoms with Crippen molar-refractivity contribution in [1.29, 1.82) is 0 Å². The maximum absolute atomic E-state index is 5.76. The zero-order valence-electron chi connectivity index (χ0n) is 10.1. The standard InChI is InChI=1S/C13H10BrN3O2/c1-7-4-5-18-11(7)12-16-13(19-17-12)9-6-8(15)2-3-10(9)14/h2-6H,15H2,1H3. The van der Waals surface area contributed by atoms with E-state index in [9.17, 15) is 0 Å². The lowest BCUT2D eigenvalue weighted by Crippen LogP contribution is -1.87. The second kappa shape index (κ2) is 4.55. The van der Waals surface area contributed by atoms with Gasteiger partial charge in [0.2, 0.25) is 5.82 Å². The molecule has 0 amide bonds. The van der Waals surface area contributed by atoms with Gasteiger partial charge >= 0.3 is 0 Å². The van der Waals surface area contributed by atoms with Crippen LogP contribution in [-0.2, 0) is 0 Å². The average Bonchev–Trinajstić information content (AvgIpc) is 3.00. The predicted octanol–water partition coefficient (Wildman–Crippen LogP) is 3.65. The summed E-state index contributed by atoms with van der Waals surface area (Å²) in [5, 5.41) is 3.93. The zero-order valence-corrected chi connectivity index (χ0v) is 11.6. The number of hydrogen-bond acceptors (Lipinski definition) is 5. The fraction of sp³-hybridized carbons (Fsp3) is 0.0769. The van der Waals surface area contributed by atoms with E-state index in [4.69, 9.17) is 14.7 Å². The van der Waals surface area contributed by atoms with Gasteiger partial charge < -0.3 is 14.7 Å². The summed E-state index contributed by atoms with van der Waals surface area (Å²) in [5.74, 6) is 1.42. The van der Waals surface area contributed by atoms with Crippen LogP contribution < -0.4 is 5.73 Å². The number of furan rings is 1. The van der Waals surface area contributed by atoms with E-state index in [1.54, 1.807) is 18.4 Å². The van der Waals surface area contributed by atoms with E-state index in [1.807, 2.05) is 19.1 Å². The molecule has 2 heterocycles. The van der Waals surface area contributed by atoms with Gasteiger partial charge in [-0.1, -0.05) is 5.16 Å². The van der Waals surface area contributed by atoms with Crippen molar-refractivity contribution in [3.05, 3.63) is 40.6 Å². The molecule has 96 valence electrons. The molecule has 3 aromatic rings. The van der Waals surface area contributed by atoms with Gasteiger partial charge in [-0.15, -0.1) is 0 Å². The number of nitrogen functional groups attached to an aromatic ring is 1. The number of hydrogen-bond donors (Lipinski definition) is 1. The van der Waals surface area contributed by atoms with E-state index in [1.165, 1.54) is 0 Å². The predicted molar refractivity (Wildman–Crippen MR) is 74.3 cm³/mol. The zero-order chi connectivity index (χ0) is 13.4. The molecule has 0 saturated carbocycles. The lowest BCUT2D eigenvalue weighted by Gasteiger charge is -1.99. The summed E-state index contributed by atoms with van der Waals surface area (Å²) in [6, 6.07) is 7.26. The molecule has 2 aromatic heterocycles. The van der Waals surface area contributed by atoms with Gasteiger partial charge in [0.15, 0.2) is 5.76 Å². The van der Waals surface area contributed by atoms with Gasteiger partial charge in [0, 0.05) is 10.2 Å². The van der Waals surface area contributed by atoms with E-state index in [0.717, 1.165) is 15.6 Å². The molecular weight excluding hydrogens is 310 g/mol. The largest absolute Gasteiger partial charge is 0.461 e. The number of aryl methyl sites for hydroxylation is 1. The topological polar surface area (TPSA) is 78.1 Å². The Hall–Kier alpha value is -2.08. The summed E-state index contributed by atoms with van der Waals surface area (Å²) in [6.07, 6.45) is 1.59. The van der Waals surface area contributed by atoms with Gasteiger partial charge in [-0.3, -0.25) is 0 Å². The normalized spacial score (nSPS) is 10.8. The number of nitrogens with two attached hydrogens (primary N) is 1. The van der Waals surface area contributed by atoms with Gasteiger partial charge in [0.05, 0.1) is 11.8 Å². The van der Waals surface area contributed by atoms with Crippen LogP contribution >= 0.6 is 15.9 Å². The molecule has 0 aliphatic heterocycles. The van der Waals surface area contributed by atoms with Gasteiger partial charge in [-0.25, -0.2) is 0 Å². The number of benzene rings is 1. The van der Waals surface area contributed by atoms with Crippen molar-refractivity contribution in [2.45, 2.75) is 6.92 Å². The van der Waals surface area contributed by atoms with Crippen molar-refractivity contribution < 1.29 is 8.94 Å². The summed E-state index contributed by atoms with van der Waals surface area (Å²) in [6.45, 7) is 1.92. The average molecular weight is 320 g/mol. The first kappa shape index (κ1) is 12.0. The van der Waals surface area contributed by atoms with Gasteiger partial charge in [-0.2, -0.15) is 4.98 Å². The van der Waals surface area contributed by atoms with Crippen molar-refractivity contribution in [2.75, 3.05) is 5.73 Å². The van der Waals surface area contributed by atoms with Crippen LogP contribution in [-0.4, -0.2) is 10.1 Å². The molecule has 0 atom stereocenters. The van der Waals surface area contributed by atoms with E-state index in [0.29, 0.717) is 23.2 Å². The Balaban J connectivity index is 2.06. The maximum Gasteiger partial charge on any atom is 0.259 e. The van der Waals surface area contributed by atoms with Crippen molar-refractivity contribution in [2.24, 2.45) is 0 Å². The molecule has 3 rings (SSSR count). The Kier molecular flexibility index (Phi) is 2.87. The smallest absolute Gasteiger partial charge is 0.259 e. The molecule has 0 fully saturated rings. The van der Waals surface area contributed by atoms with E-state index < -0.39 is 0 Å². The fourth-order valence-electron chi connectivity index (χ4n) is 1.73. The molecule has 0 unspecified atom stereocenters. The third kappa shape index (κ3) is 2.15. The molecule has 19 heavy (non-hydrogen) atoms. The van der Waals surface area contributed by atoms with Crippen LogP contribution in [0.15, 0.2) is 43.9 Å². The lowest BCUT2D eigenvalue weighted by atomic mass is 10.2. The van der Waals surface area contributed by atoms with Gasteiger partial charge in [0.1, 0.15) is 0 Å². The maximum atomic E-state index is 5.76. The van der Waals surface area contributed by atoms with Gasteiger partial charge in [-0.05, 0) is 52.7 Å². The van der Waals surface area contributed by atoms with Crippen molar-refractivity contribution in [3.63, 3.8) is 0 Å². The Morgan fingerprint density at radius 1 is 1.26 bits per heavy atom. The van der Waals surface area contributed by atoms with Gasteiger partial charge in [0.25, 0.3) is 5.89 Å². The van der Waals surface area contributed by atoms with Crippen LogP contribution in [0, 0.1) is 6.92 Å². The summed E-state index contributed by atoms with van der Waals surface area (Å²) in [7, 11) is 0. The van der Waals surface area contributed by atoms with Crippen LogP contribution in [0.3, 0.4) is 0 Å². The first-order chi connectivity index (χ1) is 9.15. The number of halogens is 1. The summed E-state index contributed by atoms with van der Waals surface area (Å²) >= 11 is 3.43. The SMILES string of the molecule is Cc1ccoc1-c1noc(-c2cc(N)ccc2Br)n1. The van der Waals surface area contributed by atoms with Crippen molar-refractivity contribution in [1.82, 2.24) is 10.1 Å². The lowest BCUT2D eigenvalue weighted by molar-refractivity contribution is 0.429. The number of aromatic nitrogens is 2. The van der Waals surface area contributed by atoms with Crippen LogP contribution in [0.5, 0.6) is 0 Å². The molecule has 0 spiro atoms. The molecule has 0 bridgehead atoms. The first-order valence-corrected chi connectivity index (χ1v) is 6.38. The minimum Gasteiger partial charge on any atom is -0.461 e. The Bertz CT molecular complexity index is 733. The minimum absolute atomic E-state index is 0.393. The Morgan fingerprint density at radius 2 is 2.11 bits per heavy atom. The molecule has 2 N–H and O–H groups in total. The Labute approximate surface area is 117 Å². The van der Waals surface area contributed by atoms with Crippen LogP contribution in [0.1, 0.15) is 5.56 Å². The van der Waals surface area contributed by atoms with E-state index in [2.05, 4.69) is 26.1 Å². The second-order valence-corrected chi connectivity index (χ2v) is 4.95. The van der Waals surface area contributed by atoms with Crippen LogP contribution in [0.4, 0.5) is 5.69 Å². The van der Waals surface area contributed by atoms with Crippen LogP contribution in [0.25, 0.3) is 23.0 Å². The number of anilines is 1. The molecule has 0 aliphatic carbocycles. The van der Waals surface area contributed by atoms with Crippen LogP contribution in [0.2, 0.25) is 0 Å². The second-order valence-electron chi connectivity index (χ2n) is 4.10. The molecule has 0 saturated heterocycles. The third-order valence-corrected chi connectivity index (χ3v) is 3.40. The molecule has 6 heteroatoms. The monoisotopic (exact) mass is 319 g/mol. The highest BCUT2D eigenvalue weighted by molar-refractivity contribution is 9.10. The molecule has 5 nitrogen and oxygen atoms in total. The highest BCUT2D eigenvalue weighted by Crippen LogP contribution is 2.31. The Morgan fingerprint density at radius 3 is 2.84 bits per heavy atom. The highest BCUT2D eigenvalue weighted by Gasteiger charge is 2.16. The quantitative estimate of drug-likeness (QED) is 0.729. The molecular formula is C13H10BrN3O2. The molecule has 0 aliphatic rings. The summed E-state index contributed by atoms with van der Waals surface area (Å²) in [4.78, 5) is 4.33. The fourth-order valence-corrected chi connectivity index (χ4v) is 2.15. The van der Waals surface area contributed by atoms with Crippen molar-refractivity contribution in [3.8, 4) is 23.0 Å². The van der Waals surface area contributed by atoms with E-state index >= 15 is 0 Å². The minimum atomic E-state index is 0.393. The highest BCUT2D eigenvalue weighted by atomic mass is 79.9. The summed E-state index contributed by atoms with van der Waals surface area (Å²) < 4.78 is 11.4. The first-order valence-electron chi connectivity index (χ1n) is 5.59. The number of nitrogens with zero attached hydrogens (tertiary/aromatic N) is 2. The van der Waals surface area contributed by atoms with Crippen molar-refractivity contribution >= 4 is 21.6 Å². The third-order valence-electron chi connectivity index (χ3n) is 2.71. The van der Waals surface area contributed by atoms with E-state index in [-0.39, 0.29) is 0 Å². The molecule has 0 radical (unpaired) electrons. The number of rotatable bonds is 2. The summed E-state index contributed by atoms with van der Waals surface area (Å²) in [5.41, 5.74) is 8.10.